The molecule has 0 aliphatic carbocycles. The molecule has 1 atom stereocenters. The van der Waals surface area contributed by atoms with Crippen LogP contribution >= 0.6 is 23.4 Å². The van der Waals surface area contributed by atoms with E-state index >= 15 is 0 Å². The van der Waals surface area contributed by atoms with Crippen LogP contribution in [-0.4, -0.2) is 38.8 Å². The minimum absolute atomic E-state index is 0.194. The molecule has 0 saturated heterocycles. The number of nitrogens with two attached hydrogens (primary N) is 1. The number of nitrogen functional groups attached to an aromatic ring is 1. The number of aromatic nitrogens is 3. The Kier molecular flexibility index (Phi) is 5.60. The first-order chi connectivity index (χ1) is 11.2. The van der Waals surface area contributed by atoms with Gasteiger partial charge in [-0.3, -0.25) is 4.79 Å². The summed E-state index contributed by atoms with van der Waals surface area (Å²) in [4.78, 5) is 11.7. The van der Waals surface area contributed by atoms with Gasteiger partial charge in [-0.05, 0) is 19.1 Å². The van der Waals surface area contributed by atoms with Crippen LogP contribution in [0.15, 0.2) is 29.4 Å². The first-order valence-electron chi connectivity index (χ1n) is 6.65. The van der Waals surface area contributed by atoms with E-state index in [1.54, 1.807) is 24.3 Å². The van der Waals surface area contributed by atoms with Crippen LogP contribution in [0, 0.1) is 0 Å². The van der Waals surface area contributed by atoms with Crippen molar-refractivity contribution in [2.75, 3.05) is 12.4 Å². The Balaban J connectivity index is 2.07. The monoisotopic (exact) mass is 379 g/mol. The molecule has 1 unspecified atom stereocenters. The van der Waals surface area contributed by atoms with Crippen molar-refractivity contribution in [3.05, 3.63) is 29.3 Å². The number of thioether (sulfide) groups is 1. The molecule has 2 rings (SSSR count). The van der Waals surface area contributed by atoms with Gasteiger partial charge in [0.2, 0.25) is 11.1 Å². The second kappa shape index (κ2) is 7.31. The molecule has 0 radical (unpaired) electrons. The van der Waals surface area contributed by atoms with E-state index in [4.69, 9.17) is 17.4 Å². The van der Waals surface area contributed by atoms with Gasteiger partial charge in [-0.1, -0.05) is 35.5 Å². The van der Waals surface area contributed by atoms with Crippen molar-refractivity contribution in [3.8, 4) is 11.4 Å². The zero-order valence-electron chi connectivity index (χ0n) is 12.3. The molecule has 6 nitrogen and oxygen atoms in total. The Morgan fingerprint density at radius 2 is 2.17 bits per heavy atom. The summed E-state index contributed by atoms with van der Waals surface area (Å²) >= 11 is 6.80. The molecule has 0 aliphatic rings. The summed E-state index contributed by atoms with van der Waals surface area (Å²) in [6, 6.07) is 6.77. The maximum Gasteiger partial charge on any atom is 0.405 e. The zero-order valence-corrected chi connectivity index (χ0v) is 13.9. The first kappa shape index (κ1) is 18.4. The Bertz CT molecular complexity index is 737. The molecule has 0 aliphatic heterocycles. The van der Waals surface area contributed by atoms with Crippen molar-refractivity contribution < 1.29 is 18.0 Å². The number of alkyl halides is 3. The number of nitrogens with zero attached hydrogens (tertiary/aromatic N) is 3. The maximum absolute atomic E-state index is 12.1. The zero-order chi connectivity index (χ0) is 17.9. The quantitative estimate of drug-likeness (QED) is 0.615. The third-order valence-corrected chi connectivity index (χ3v) is 4.15. The number of amides is 1. The topological polar surface area (TPSA) is 85.8 Å². The lowest BCUT2D eigenvalue weighted by atomic mass is 10.2. The molecule has 11 heteroatoms. The van der Waals surface area contributed by atoms with Crippen molar-refractivity contribution in [2.24, 2.45) is 0 Å². The number of hydrogen-bond donors (Lipinski definition) is 2. The number of nitrogens with one attached hydrogen (secondary N) is 1. The molecule has 2 aromatic rings. The molecule has 1 aromatic carbocycles. The van der Waals surface area contributed by atoms with Crippen LogP contribution in [-0.2, 0) is 4.79 Å². The molecule has 1 aromatic heterocycles. The van der Waals surface area contributed by atoms with Gasteiger partial charge in [0, 0.05) is 10.6 Å². The Hall–Kier alpha value is -1.94. The van der Waals surface area contributed by atoms with Crippen LogP contribution in [0.5, 0.6) is 0 Å². The van der Waals surface area contributed by atoms with Crippen molar-refractivity contribution in [2.45, 2.75) is 23.5 Å². The molecular formula is C13H13ClF3N5OS. The predicted octanol–water partition coefficient (Wildman–Crippen LogP) is 2.47. The predicted molar refractivity (Wildman–Crippen MR) is 85.0 cm³/mol. The van der Waals surface area contributed by atoms with E-state index in [1.807, 2.05) is 5.32 Å². The summed E-state index contributed by atoms with van der Waals surface area (Å²) in [6.07, 6.45) is -4.46. The Labute approximate surface area is 144 Å². The highest BCUT2D eigenvalue weighted by molar-refractivity contribution is 8.00. The van der Waals surface area contributed by atoms with E-state index in [0.29, 0.717) is 16.4 Å². The number of halogens is 4. The Morgan fingerprint density at radius 1 is 1.46 bits per heavy atom. The van der Waals surface area contributed by atoms with Gasteiger partial charge < -0.3 is 11.2 Å². The fourth-order valence-electron chi connectivity index (χ4n) is 1.72. The SMILES string of the molecule is CC(Sc1nnc(-c2cccc(Cl)c2)n1N)C(=O)NCC(F)(F)F. The fourth-order valence-corrected chi connectivity index (χ4v) is 2.71. The fraction of sp³-hybridized carbons (Fsp3) is 0.308. The number of benzene rings is 1. The number of hydrogen-bond acceptors (Lipinski definition) is 5. The lowest BCUT2D eigenvalue weighted by molar-refractivity contribution is -0.137. The molecule has 130 valence electrons. The smallest absolute Gasteiger partial charge is 0.346 e. The van der Waals surface area contributed by atoms with Crippen molar-refractivity contribution in [3.63, 3.8) is 0 Å². The van der Waals surface area contributed by atoms with E-state index in [-0.39, 0.29) is 5.16 Å². The lowest BCUT2D eigenvalue weighted by Crippen LogP contribution is -2.38. The van der Waals surface area contributed by atoms with Crippen LogP contribution in [0.25, 0.3) is 11.4 Å². The maximum atomic E-state index is 12.1. The Morgan fingerprint density at radius 3 is 2.79 bits per heavy atom. The van der Waals surface area contributed by atoms with Gasteiger partial charge in [0.25, 0.3) is 0 Å². The van der Waals surface area contributed by atoms with Crippen LogP contribution in [0.2, 0.25) is 5.02 Å². The minimum Gasteiger partial charge on any atom is -0.346 e. The summed E-state index contributed by atoms with van der Waals surface area (Å²) in [7, 11) is 0. The molecule has 1 heterocycles. The number of rotatable bonds is 5. The highest BCUT2D eigenvalue weighted by Gasteiger charge is 2.29. The van der Waals surface area contributed by atoms with Crippen molar-refractivity contribution in [1.29, 1.82) is 0 Å². The van der Waals surface area contributed by atoms with E-state index in [2.05, 4.69) is 10.2 Å². The lowest BCUT2D eigenvalue weighted by Gasteiger charge is -2.12. The standard InChI is InChI=1S/C13H13ClF3N5OS/c1-7(11(23)19-6-13(15,16)17)24-12-21-20-10(22(12)18)8-3-2-4-9(14)5-8/h2-5,7H,6,18H2,1H3,(H,19,23). The average molecular weight is 380 g/mol. The van der Waals surface area contributed by atoms with Crippen LogP contribution in [0.4, 0.5) is 13.2 Å². The molecule has 1 amide bonds. The summed E-state index contributed by atoms with van der Waals surface area (Å²) in [5, 5.41) is 9.44. The highest BCUT2D eigenvalue weighted by atomic mass is 35.5. The molecule has 0 saturated carbocycles. The van der Waals surface area contributed by atoms with E-state index in [0.717, 1.165) is 16.4 Å². The molecule has 3 N–H and O–H groups in total. The summed E-state index contributed by atoms with van der Waals surface area (Å²) in [5.41, 5.74) is 0.624. The third kappa shape index (κ3) is 4.78. The van der Waals surface area contributed by atoms with E-state index in [1.165, 1.54) is 6.92 Å². The van der Waals surface area contributed by atoms with Gasteiger partial charge in [0.05, 0.1) is 5.25 Å². The number of carbonyl (C=O) groups is 1. The van der Waals surface area contributed by atoms with Gasteiger partial charge in [-0.25, -0.2) is 4.68 Å². The van der Waals surface area contributed by atoms with Gasteiger partial charge >= 0.3 is 6.18 Å². The third-order valence-electron chi connectivity index (χ3n) is 2.86. The second-order valence-corrected chi connectivity index (χ2v) is 6.52. The van der Waals surface area contributed by atoms with Crippen LogP contribution in [0.1, 0.15) is 6.92 Å². The van der Waals surface area contributed by atoms with Gasteiger partial charge in [-0.15, -0.1) is 10.2 Å². The largest absolute Gasteiger partial charge is 0.405 e. The van der Waals surface area contributed by atoms with Crippen LogP contribution < -0.4 is 11.2 Å². The van der Waals surface area contributed by atoms with Gasteiger partial charge in [0.15, 0.2) is 5.82 Å². The first-order valence-corrected chi connectivity index (χ1v) is 7.90. The highest BCUT2D eigenvalue weighted by Crippen LogP contribution is 2.26. The van der Waals surface area contributed by atoms with Crippen molar-refractivity contribution >= 4 is 29.3 Å². The van der Waals surface area contributed by atoms with Crippen molar-refractivity contribution in [1.82, 2.24) is 20.2 Å². The average Bonchev–Trinajstić information content (AvgIpc) is 2.85. The number of carbonyl (C=O) groups excluding carboxylic acids is 1. The summed E-state index contributed by atoms with van der Waals surface area (Å²) < 4.78 is 37.5. The molecule has 0 spiro atoms. The van der Waals surface area contributed by atoms with E-state index < -0.39 is 23.9 Å². The van der Waals surface area contributed by atoms with Gasteiger partial charge in [-0.2, -0.15) is 13.2 Å². The summed E-state index contributed by atoms with van der Waals surface area (Å²) in [5.74, 6) is 5.44. The molecular weight excluding hydrogens is 367 g/mol. The minimum atomic E-state index is -4.46. The van der Waals surface area contributed by atoms with Gasteiger partial charge in [0.1, 0.15) is 6.54 Å². The molecule has 0 bridgehead atoms. The molecule has 24 heavy (non-hydrogen) atoms. The second-order valence-electron chi connectivity index (χ2n) is 4.78. The summed E-state index contributed by atoms with van der Waals surface area (Å²) in [6.45, 7) is 0.0595. The van der Waals surface area contributed by atoms with Crippen LogP contribution in [0.3, 0.4) is 0 Å². The van der Waals surface area contributed by atoms with E-state index in [9.17, 15) is 18.0 Å². The normalized spacial score (nSPS) is 12.9. The molecule has 0 fully saturated rings.